The Labute approximate surface area is 122 Å². The number of pyridine rings is 1. The van der Waals surface area contributed by atoms with Crippen LogP contribution in [-0.2, 0) is 4.79 Å². The van der Waals surface area contributed by atoms with Gasteiger partial charge in [0.05, 0.1) is 17.3 Å². The average Bonchev–Trinajstić information content (AvgIpc) is 2.91. The summed E-state index contributed by atoms with van der Waals surface area (Å²) < 4.78 is 0. The van der Waals surface area contributed by atoms with Crippen molar-refractivity contribution in [3.8, 4) is 0 Å². The SMILES string of the molecule is COn1ncc2c(N3CCC(NC=O)CC3)ccnc21.O. The molecule has 3 rings (SSSR count). The summed E-state index contributed by atoms with van der Waals surface area (Å²) in [5, 5.41) is 7.99. The number of hydrogen-bond acceptors (Lipinski definition) is 5. The monoisotopic (exact) mass is 293 g/mol. The zero-order valence-electron chi connectivity index (χ0n) is 11.8. The van der Waals surface area contributed by atoms with Crippen molar-refractivity contribution in [3.05, 3.63) is 18.5 Å². The van der Waals surface area contributed by atoms with Crippen molar-refractivity contribution in [2.45, 2.75) is 18.9 Å². The molecule has 1 aliphatic heterocycles. The van der Waals surface area contributed by atoms with E-state index in [1.165, 1.54) is 4.85 Å². The molecule has 0 aliphatic carbocycles. The summed E-state index contributed by atoms with van der Waals surface area (Å²) in [7, 11) is 1.57. The molecule has 1 amide bonds. The van der Waals surface area contributed by atoms with Crippen molar-refractivity contribution in [2.24, 2.45) is 0 Å². The third kappa shape index (κ3) is 2.75. The van der Waals surface area contributed by atoms with Crippen LogP contribution in [0.15, 0.2) is 18.5 Å². The van der Waals surface area contributed by atoms with Crippen molar-refractivity contribution in [2.75, 3.05) is 25.1 Å². The highest BCUT2D eigenvalue weighted by molar-refractivity contribution is 5.89. The number of anilines is 1. The van der Waals surface area contributed by atoms with Crippen molar-refractivity contribution in [1.29, 1.82) is 0 Å². The second kappa shape index (κ2) is 6.40. The van der Waals surface area contributed by atoms with Crippen LogP contribution in [0.4, 0.5) is 5.69 Å². The molecule has 114 valence electrons. The first-order valence-corrected chi connectivity index (χ1v) is 6.65. The van der Waals surface area contributed by atoms with Crippen molar-refractivity contribution in [3.63, 3.8) is 0 Å². The topological polar surface area (TPSA) is 104 Å². The van der Waals surface area contributed by atoms with Gasteiger partial charge in [-0.2, -0.15) is 0 Å². The van der Waals surface area contributed by atoms with Crippen LogP contribution in [-0.4, -0.2) is 53.1 Å². The third-order valence-electron chi connectivity index (χ3n) is 3.73. The summed E-state index contributed by atoms with van der Waals surface area (Å²) in [4.78, 5) is 23.6. The maximum atomic E-state index is 10.5. The number of piperidine rings is 1. The van der Waals surface area contributed by atoms with E-state index in [4.69, 9.17) is 4.84 Å². The fraction of sp³-hybridized carbons (Fsp3) is 0.462. The average molecular weight is 293 g/mol. The van der Waals surface area contributed by atoms with Gasteiger partial charge in [0, 0.05) is 25.3 Å². The van der Waals surface area contributed by atoms with E-state index in [2.05, 4.69) is 20.3 Å². The molecule has 0 bridgehead atoms. The molecule has 21 heavy (non-hydrogen) atoms. The molecule has 0 aromatic carbocycles. The number of hydrogen-bond donors (Lipinski definition) is 1. The molecule has 3 N–H and O–H groups in total. The Kier molecular flexibility index (Phi) is 4.59. The first-order chi connectivity index (χ1) is 9.83. The van der Waals surface area contributed by atoms with Crippen LogP contribution in [0.25, 0.3) is 11.0 Å². The fourth-order valence-electron chi connectivity index (χ4n) is 2.69. The minimum atomic E-state index is 0. The highest BCUT2D eigenvalue weighted by atomic mass is 16.7. The van der Waals surface area contributed by atoms with Crippen LogP contribution in [0.5, 0.6) is 0 Å². The number of amides is 1. The Morgan fingerprint density at radius 2 is 2.19 bits per heavy atom. The fourth-order valence-corrected chi connectivity index (χ4v) is 2.69. The van der Waals surface area contributed by atoms with Gasteiger partial charge in [0.2, 0.25) is 12.1 Å². The van der Waals surface area contributed by atoms with E-state index < -0.39 is 0 Å². The lowest BCUT2D eigenvalue weighted by atomic mass is 10.0. The molecule has 2 aromatic heterocycles. The third-order valence-corrected chi connectivity index (χ3v) is 3.73. The molecule has 0 radical (unpaired) electrons. The Bertz CT molecular complexity index is 607. The highest BCUT2D eigenvalue weighted by Gasteiger charge is 2.21. The van der Waals surface area contributed by atoms with E-state index in [0.717, 1.165) is 49.1 Å². The lowest BCUT2D eigenvalue weighted by molar-refractivity contribution is -0.110. The summed E-state index contributed by atoms with van der Waals surface area (Å²) in [6.07, 6.45) is 6.22. The van der Waals surface area contributed by atoms with Gasteiger partial charge in [0.1, 0.15) is 7.11 Å². The predicted octanol–water partition coefficient (Wildman–Crippen LogP) is -0.620. The highest BCUT2D eigenvalue weighted by Crippen LogP contribution is 2.27. The molecule has 8 heteroatoms. The van der Waals surface area contributed by atoms with Gasteiger partial charge in [-0.1, -0.05) is 4.85 Å². The van der Waals surface area contributed by atoms with Gasteiger partial charge in [-0.05, 0) is 18.9 Å². The maximum Gasteiger partial charge on any atom is 0.207 e. The lowest BCUT2D eigenvalue weighted by Gasteiger charge is -2.33. The normalized spacial score (nSPS) is 15.6. The minimum Gasteiger partial charge on any atom is -0.412 e. The van der Waals surface area contributed by atoms with Gasteiger partial charge >= 0.3 is 0 Å². The van der Waals surface area contributed by atoms with Gasteiger partial charge in [0.25, 0.3) is 0 Å². The van der Waals surface area contributed by atoms with E-state index in [1.807, 2.05) is 6.07 Å². The lowest BCUT2D eigenvalue weighted by Crippen LogP contribution is -2.42. The second-order valence-corrected chi connectivity index (χ2v) is 4.81. The number of carbonyl (C=O) groups excluding carboxylic acids is 1. The number of nitrogens with one attached hydrogen (secondary N) is 1. The zero-order chi connectivity index (χ0) is 13.9. The van der Waals surface area contributed by atoms with Crippen molar-refractivity contribution < 1.29 is 15.1 Å². The first kappa shape index (κ1) is 15.0. The summed E-state index contributed by atoms with van der Waals surface area (Å²) in [5.41, 5.74) is 1.83. The summed E-state index contributed by atoms with van der Waals surface area (Å²) in [5.74, 6) is 0. The summed E-state index contributed by atoms with van der Waals surface area (Å²) >= 11 is 0. The quantitative estimate of drug-likeness (QED) is 0.757. The Morgan fingerprint density at radius 3 is 2.86 bits per heavy atom. The van der Waals surface area contributed by atoms with Crippen LogP contribution < -0.4 is 15.1 Å². The van der Waals surface area contributed by atoms with Gasteiger partial charge in [-0.25, -0.2) is 4.98 Å². The molecule has 1 saturated heterocycles. The van der Waals surface area contributed by atoms with E-state index >= 15 is 0 Å². The first-order valence-electron chi connectivity index (χ1n) is 6.65. The number of aromatic nitrogens is 3. The Balaban J connectivity index is 0.00000161. The van der Waals surface area contributed by atoms with Crippen molar-refractivity contribution >= 4 is 23.1 Å². The molecule has 3 heterocycles. The van der Waals surface area contributed by atoms with E-state index in [-0.39, 0.29) is 11.5 Å². The number of rotatable bonds is 4. The molecule has 0 unspecified atom stereocenters. The van der Waals surface area contributed by atoms with E-state index in [9.17, 15) is 4.79 Å². The molecule has 8 nitrogen and oxygen atoms in total. The van der Waals surface area contributed by atoms with E-state index in [0.29, 0.717) is 0 Å². The molecule has 1 fully saturated rings. The van der Waals surface area contributed by atoms with Gasteiger partial charge in [0.15, 0.2) is 0 Å². The maximum absolute atomic E-state index is 10.5. The molecular formula is C13H19N5O3. The van der Waals surface area contributed by atoms with Crippen molar-refractivity contribution in [1.82, 2.24) is 20.2 Å². The van der Waals surface area contributed by atoms with Crippen LogP contribution in [0, 0.1) is 0 Å². The van der Waals surface area contributed by atoms with Gasteiger partial charge in [-0.3, -0.25) is 4.79 Å². The molecule has 0 spiro atoms. The number of nitrogens with zero attached hydrogens (tertiary/aromatic N) is 4. The molecule has 2 aromatic rings. The smallest absolute Gasteiger partial charge is 0.207 e. The Morgan fingerprint density at radius 1 is 1.43 bits per heavy atom. The minimum absolute atomic E-state index is 0. The van der Waals surface area contributed by atoms with E-state index in [1.54, 1.807) is 19.5 Å². The molecule has 0 saturated carbocycles. The summed E-state index contributed by atoms with van der Waals surface area (Å²) in [6, 6.07) is 2.28. The Hall–Kier alpha value is -2.35. The zero-order valence-corrected chi connectivity index (χ0v) is 11.8. The van der Waals surface area contributed by atoms with Crippen LogP contribution in [0.3, 0.4) is 0 Å². The van der Waals surface area contributed by atoms with Crippen LogP contribution in [0.1, 0.15) is 12.8 Å². The number of carbonyl (C=O) groups is 1. The van der Waals surface area contributed by atoms with Crippen LogP contribution >= 0.6 is 0 Å². The van der Waals surface area contributed by atoms with Crippen LogP contribution in [0.2, 0.25) is 0 Å². The predicted molar refractivity (Wildman–Crippen MR) is 78.1 cm³/mol. The van der Waals surface area contributed by atoms with Gasteiger partial charge in [-0.15, -0.1) is 5.10 Å². The standard InChI is InChI=1S/C13H17N5O2.H2O/c1-20-18-13-11(8-16-18)12(2-5-14-13)17-6-3-10(4-7-17)15-9-19;/h2,5,8-10H,3-4,6-7H2,1H3,(H,15,19);1H2. The summed E-state index contributed by atoms with van der Waals surface area (Å²) in [6.45, 7) is 1.81. The second-order valence-electron chi connectivity index (χ2n) is 4.81. The molecular weight excluding hydrogens is 274 g/mol. The largest absolute Gasteiger partial charge is 0.412 e. The number of fused-ring (bicyclic) bond motifs is 1. The molecule has 1 aliphatic rings. The molecule has 0 atom stereocenters. The van der Waals surface area contributed by atoms with Gasteiger partial charge < -0.3 is 20.5 Å².